The maximum Gasteiger partial charge on any atom is 0.259 e. The lowest BCUT2D eigenvalue weighted by Crippen LogP contribution is -2.76. The average molecular weight is 417 g/mol. The van der Waals surface area contributed by atoms with Crippen molar-refractivity contribution in [1.82, 2.24) is 9.88 Å². The Labute approximate surface area is 180 Å². The molecule has 3 aliphatic rings. The van der Waals surface area contributed by atoms with E-state index in [1.807, 2.05) is 11.1 Å². The van der Waals surface area contributed by atoms with Gasteiger partial charge in [-0.25, -0.2) is 0 Å². The number of nitrogens with zero attached hydrogens (tertiary/aromatic N) is 2. The first kappa shape index (κ1) is 21.7. The van der Waals surface area contributed by atoms with Crippen LogP contribution in [0.4, 0.5) is 0 Å². The van der Waals surface area contributed by atoms with E-state index in [-0.39, 0.29) is 18.7 Å². The van der Waals surface area contributed by atoms with Gasteiger partial charge in [-0.15, -0.1) is 0 Å². The molecule has 30 heavy (non-hydrogen) atoms. The highest BCUT2D eigenvalue weighted by Gasteiger charge is 2.61. The Kier molecular flexibility index (Phi) is 7.06. The number of rotatable bonds is 14. The predicted molar refractivity (Wildman–Crippen MR) is 114 cm³/mol. The predicted octanol–water partition coefficient (Wildman–Crippen LogP) is 3.72. The third-order valence-electron chi connectivity index (χ3n) is 6.88. The summed E-state index contributed by atoms with van der Waals surface area (Å²) in [6.07, 6.45) is 13.5. The number of carbonyl (C=O) groups excluding carboxylic acids is 1. The van der Waals surface area contributed by atoms with E-state index in [1.165, 1.54) is 44.1 Å². The van der Waals surface area contributed by atoms with Crippen molar-refractivity contribution < 1.29 is 19.0 Å². The van der Waals surface area contributed by atoms with E-state index >= 15 is 0 Å². The number of pyridine rings is 1. The molecule has 2 aliphatic carbocycles. The third-order valence-corrected chi connectivity index (χ3v) is 6.88. The van der Waals surface area contributed by atoms with Crippen molar-refractivity contribution >= 4 is 5.91 Å². The molecule has 1 aromatic heterocycles. The summed E-state index contributed by atoms with van der Waals surface area (Å²) in [7, 11) is 3.23. The largest absolute Gasteiger partial charge is 0.364 e. The molecule has 1 saturated heterocycles. The molecule has 2 heterocycles. The number of aryl methyl sites for hydroxylation is 1. The maximum atomic E-state index is 13.2. The van der Waals surface area contributed by atoms with Crippen molar-refractivity contribution in [1.29, 1.82) is 0 Å². The van der Waals surface area contributed by atoms with Crippen LogP contribution in [-0.4, -0.2) is 55.2 Å². The maximum absolute atomic E-state index is 13.2. The van der Waals surface area contributed by atoms with Crippen LogP contribution < -0.4 is 0 Å². The van der Waals surface area contributed by atoms with Crippen LogP contribution in [0.3, 0.4) is 0 Å². The van der Waals surface area contributed by atoms with Crippen molar-refractivity contribution in [3.63, 3.8) is 0 Å². The summed E-state index contributed by atoms with van der Waals surface area (Å²) < 4.78 is 16.6. The van der Waals surface area contributed by atoms with Gasteiger partial charge in [0, 0.05) is 32.5 Å². The molecule has 0 radical (unpaired) electrons. The molecular formula is C24H36N2O4. The fraction of sp³-hybridized carbons (Fsp3) is 0.750. The Hall–Kier alpha value is -1.50. The number of hydrogen-bond acceptors (Lipinski definition) is 5. The van der Waals surface area contributed by atoms with Crippen molar-refractivity contribution in [3.8, 4) is 0 Å². The van der Waals surface area contributed by atoms with Crippen LogP contribution in [-0.2, 0) is 31.8 Å². The molecule has 6 heteroatoms. The van der Waals surface area contributed by atoms with Crippen LogP contribution in [0.25, 0.3) is 0 Å². The zero-order valence-corrected chi connectivity index (χ0v) is 18.5. The van der Waals surface area contributed by atoms with Crippen LogP contribution in [0, 0.1) is 11.8 Å². The number of amides is 1. The lowest BCUT2D eigenvalue weighted by atomic mass is 9.76. The van der Waals surface area contributed by atoms with E-state index in [1.54, 1.807) is 14.2 Å². The molecule has 1 aromatic rings. The number of methoxy groups -OCH3 is 2. The first-order valence-corrected chi connectivity index (χ1v) is 11.5. The second-order valence-electron chi connectivity index (χ2n) is 9.34. The summed E-state index contributed by atoms with van der Waals surface area (Å²) in [5, 5.41) is 0. The van der Waals surface area contributed by atoms with Crippen molar-refractivity contribution in [3.05, 3.63) is 29.6 Å². The van der Waals surface area contributed by atoms with E-state index in [9.17, 15) is 4.79 Å². The molecule has 1 aliphatic heterocycles. The molecule has 0 unspecified atom stereocenters. The Morgan fingerprint density at radius 1 is 1.10 bits per heavy atom. The molecule has 4 rings (SSSR count). The van der Waals surface area contributed by atoms with E-state index in [0.717, 1.165) is 36.8 Å². The summed E-state index contributed by atoms with van der Waals surface area (Å²) in [6, 6.07) is 4.26. The van der Waals surface area contributed by atoms with Gasteiger partial charge in [-0.2, -0.15) is 0 Å². The van der Waals surface area contributed by atoms with Gasteiger partial charge in [0.05, 0.1) is 6.04 Å². The minimum Gasteiger partial charge on any atom is -0.364 e. The minimum absolute atomic E-state index is 0.000947. The molecule has 0 bridgehead atoms. The first-order chi connectivity index (χ1) is 14.7. The van der Waals surface area contributed by atoms with Gasteiger partial charge in [0.15, 0.2) is 5.60 Å². The van der Waals surface area contributed by atoms with Crippen molar-refractivity contribution in [2.75, 3.05) is 27.7 Å². The average Bonchev–Trinajstić information content (AvgIpc) is 3.66. The van der Waals surface area contributed by atoms with Gasteiger partial charge in [-0.3, -0.25) is 9.78 Å². The first-order valence-electron chi connectivity index (χ1n) is 11.5. The van der Waals surface area contributed by atoms with E-state index < -0.39 is 5.60 Å². The smallest absolute Gasteiger partial charge is 0.259 e. The molecule has 6 nitrogen and oxygen atoms in total. The Bertz CT molecular complexity index is 719. The number of likely N-dealkylation sites (tertiary alicyclic amines) is 1. The molecule has 2 saturated carbocycles. The summed E-state index contributed by atoms with van der Waals surface area (Å²) in [5.41, 5.74) is 1.33. The lowest BCUT2D eigenvalue weighted by molar-refractivity contribution is -0.234. The Morgan fingerprint density at radius 3 is 2.57 bits per heavy atom. The van der Waals surface area contributed by atoms with Gasteiger partial charge in [0.2, 0.25) is 0 Å². The van der Waals surface area contributed by atoms with Crippen LogP contribution in [0.15, 0.2) is 18.3 Å². The molecule has 0 aromatic carbocycles. The topological polar surface area (TPSA) is 60.9 Å². The van der Waals surface area contributed by atoms with Gasteiger partial charge < -0.3 is 19.1 Å². The van der Waals surface area contributed by atoms with Crippen molar-refractivity contribution in [2.45, 2.75) is 75.9 Å². The number of ether oxygens (including phenoxy) is 3. The summed E-state index contributed by atoms with van der Waals surface area (Å²) in [6.45, 7) is 0.411. The molecule has 0 N–H and O–H groups in total. The fourth-order valence-electron chi connectivity index (χ4n) is 4.81. The van der Waals surface area contributed by atoms with Gasteiger partial charge >= 0.3 is 0 Å². The molecule has 3 fully saturated rings. The van der Waals surface area contributed by atoms with E-state index in [2.05, 4.69) is 17.1 Å². The highest BCUT2D eigenvalue weighted by molar-refractivity contribution is 5.93. The summed E-state index contributed by atoms with van der Waals surface area (Å²) in [4.78, 5) is 19.6. The summed E-state index contributed by atoms with van der Waals surface area (Å²) in [5.74, 6) is 1.75. The van der Waals surface area contributed by atoms with Gasteiger partial charge in [0.25, 0.3) is 5.91 Å². The highest BCUT2D eigenvalue weighted by atomic mass is 16.7. The standard InChI is InChI=1S/C24H36N2O4/c1-28-16-26-22(11-10-19-8-9-19)24(23(26)27,30-17-29-2)15-21-14-20(12-13-25-21)5-3-4-18-6-7-18/h12-14,18-19,22H,3-11,15-17H2,1-2H3/t22-,24+/m0/s1. The Balaban J connectivity index is 1.47. The van der Waals surface area contributed by atoms with Crippen LogP contribution in [0.1, 0.15) is 62.6 Å². The zero-order chi connectivity index (χ0) is 21.0. The van der Waals surface area contributed by atoms with E-state index in [0.29, 0.717) is 13.2 Å². The number of β-lactam (4-membered cyclic amide) rings is 1. The second kappa shape index (κ2) is 9.75. The number of aromatic nitrogens is 1. The summed E-state index contributed by atoms with van der Waals surface area (Å²) >= 11 is 0. The van der Waals surface area contributed by atoms with Gasteiger partial charge in [-0.05, 0) is 55.2 Å². The number of carbonyl (C=O) groups is 1. The SMILES string of the molecule is COCO[C@@]1(Cc2cc(CCCC3CC3)ccn2)C(=O)N(COC)[C@H]1CCC1CC1. The Morgan fingerprint density at radius 2 is 1.87 bits per heavy atom. The third kappa shape index (κ3) is 5.04. The second-order valence-corrected chi connectivity index (χ2v) is 9.34. The minimum atomic E-state index is -0.900. The normalized spacial score (nSPS) is 26.1. The van der Waals surface area contributed by atoms with Crippen molar-refractivity contribution in [2.24, 2.45) is 11.8 Å². The van der Waals surface area contributed by atoms with Gasteiger partial charge in [-0.1, -0.05) is 32.1 Å². The lowest BCUT2D eigenvalue weighted by Gasteiger charge is -2.55. The highest BCUT2D eigenvalue weighted by Crippen LogP contribution is 2.43. The van der Waals surface area contributed by atoms with Gasteiger partial charge in [0.1, 0.15) is 13.5 Å². The number of hydrogen-bond donors (Lipinski definition) is 0. The van der Waals surface area contributed by atoms with Crippen LogP contribution in [0.2, 0.25) is 0 Å². The molecule has 1 amide bonds. The molecular weight excluding hydrogens is 380 g/mol. The molecule has 166 valence electrons. The fourth-order valence-corrected chi connectivity index (χ4v) is 4.81. The monoisotopic (exact) mass is 416 g/mol. The van der Waals surface area contributed by atoms with E-state index in [4.69, 9.17) is 14.2 Å². The van der Waals surface area contributed by atoms with Crippen LogP contribution in [0.5, 0.6) is 0 Å². The van der Waals surface area contributed by atoms with Crippen LogP contribution >= 0.6 is 0 Å². The molecule has 0 spiro atoms. The zero-order valence-electron chi connectivity index (χ0n) is 18.5. The molecule has 2 atom stereocenters. The quantitative estimate of drug-likeness (QED) is 0.342.